The molecule has 7 nitrogen and oxygen atoms in total. The molecule has 0 aliphatic carbocycles. The number of nitrogens with one attached hydrogen (secondary N) is 2. The molecule has 25 heavy (non-hydrogen) atoms. The zero-order valence-corrected chi connectivity index (χ0v) is 14.5. The fraction of sp³-hybridized carbons (Fsp3) is 0.278. The predicted molar refractivity (Wildman–Crippen MR) is 95.1 cm³/mol. The molecule has 2 N–H and O–H groups in total. The molecule has 7 heteroatoms. The summed E-state index contributed by atoms with van der Waals surface area (Å²) < 4.78 is 21.0. The molecule has 2 rings (SSSR count). The monoisotopic (exact) mass is 346 g/mol. The van der Waals surface area contributed by atoms with Gasteiger partial charge in [0, 0.05) is 17.8 Å². The highest BCUT2D eigenvalue weighted by Gasteiger charge is 2.07. The molecule has 0 unspecified atom stereocenters. The van der Waals surface area contributed by atoms with Crippen molar-refractivity contribution in [3.05, 3.63) is 42.5 Å². The van der Waals surface area contributed by atoms with Crippen LogP contribution in [0.1, 0.15) is 0 Å². The number of urea groups is 1. The lowest BCUT2D eigenvalue weighted by molar-refractivity contribution is 0.247. The lowest BCUT2D eigenvalue weighted by atomic mass is 10.3. The number of carbonyl (C=O) groups excluding carboxylic acids is 1. The minimum absolute atomic E-state index is 0.332. The summed E-state index contributed by atoms with van der Waals surface area (Å²) in [7, 11) is 4.69. The molecule has 0 aliphatic heterocycles. The summed E-state index contributed by atoms with van der Waals surface area (Å²) in [5, 5.41) is 5.44. The Morgan fingerprint density at radius 3 is 2.40 bits per heavy atom. The molecule has 0 saturated heterocycles. The van der Waals surface area contributed by atoms with Gasteiger partial charge in [0.2, 0.25) is 0 Å². The van der Waals surface area contributed by atoms with E-state index in [4.69, 9.17) is 18.9 Å². The number of hydrogen-bond acceptors (Lipinski definition) is 5. The third-order valence-electron chi connectivity index (χ3n) is 3.34. The second kappa shape index (κ2) is 9.27. The highest BCUT2D eigenvalue weighted by molar-refractivity contribution is 5.89. The Labute approximate surface area is 146 Å². The topological polar surface area (TPSA) is 78.1 Å². The summed E-state index contributed by atoms with van der Waals surface area (Å²) >= 11 is 0. The lowest BCUT2D eigenvalue weighted by Gasteiger charge is -2.12. The molecule has 0 radical (unpaired) electrons. The summed E-state index contributed by atoms with van der Waals surface area (Å²) in [6.45, 7) is 0.697. The van der Waals surface area contributed by atoms with Crippen molar-refractivity contribution in [1.29, 1.82) is 0 Å². The van der Waals surface area contributed by atoms with Crippen molar-refractivity contribution in [3.63, 3.8) is 0 Å². The van der Waals surface area contributed by atoms with Crippen molar-refractivity contribution in [2.75, 3.05) is 39.8 Å². The number of carbonyl (C=O) groups is 1. The van der Waals surface area contributed by atoms with Crippen LogP contribution in [0.15, 0.2) is 42.5 Å². The van der Waals surface area contributed by atoms with Gasteiger partial charge in [0.25, 0.3) is 0 Å². The molecular weight excluding hydrogens is 324 g/mol. The van der Waals surface area contributed by atoms with Crippen molar-refractivity contribution in [2.24, 2.45) is 0 Å². The van der Waals surface area contributed by atoms with Gasteiger partial charge in [-0.25, -0.2) is 4.79 Å². The van der Waals surface area contributed by atoms with Crippen LogP contribution < -0.4 is 29.6 Å². The van der Waals surface area contributed by atoms with Crippen LogP contribution in [-0.2, 0) is 0 Å². The smallest absolute Gasteiger partial charge is 0.319 e. The third-order valence-corrected chi connectivity index (χ3v) is 3.34. The molecule has 2 aromatic carbocycles. The number of methoxy groups -OCH3 is 3. The highest BCUT2D eigenvalue weighted by Crippen LogP contribution is 2.29. The van der Waals surface area contributed by atoms with Crippen LogP contribution in [0, 0.1) is 0 Å². The fourth-order valence-corrected chi connectivity index (χ4v) is 2.11. The van der Waals surface area contributed by atoms with E-state index in [-0.39, 0.29) is 6.03 Å². The summed E-state index contributed by atoms with van der Waals surface area (Å²) in [5.74, 6) is 2.54. The number of ether oxygens (including phenoxy) is 4. The van der Waals surface area contributed by atoms with E-state index in [1.807, 2.05) is 18.2 Å². The zero-order chi connectivity index (χ0) is 18.1. The van der Waals surface area contributed by atoms with Gasteiger partial charge < -0.3 is 29.6 Å². The van der Waals surface area contributed by atoms with Gasteiger partial charge in [0.15, 0.2) is 11.5 Å². The molecule has 0 aromatic heterocycles. The average molecular weight is 346 g/mol. The number of anilines is 1. The molecule has 2 aromatic rings. The Morgan fingerprint density at radius 2 is 1.68 bits per heavy atom. The van der Waals surface area contributed by atoms with Crippen molar-refractivity contribution in [3.8, 4) is 23.0 Å². The van der Waals surface area contributed by atoms with Crippen LogP contribution in [0.2, 0.25) is 0 Å². The first kappa shape index (κ1) is 18.3. The molecule has 0 saturated carbocycles. The second-order valence-corrected chi connectivity index (χ2v) is 4.98. The molecule has 0 spiro atoms. The van der Waals surface area contributed by atoms with Crippen LogP contribution in [-0.4, -0.2) is 40.5 Å². The van der Waals surface area contributed by atoms with E-state index in [9.17, 15) is 4.79 Å². The van der Waals surface area contributed by atoms with E-state index in [0.717, 1.165) is 5.75 Å². The minimum atomic E-state index is -0.332. The van der Waals surface area contributed by atoms with E-state index in [0.29, 0.717) is 36.1 Å². The van der Waals surface area contributed by atoms with E-state index in [2.05, 4.69) is 10.6 Å². The first-order chi connectivity index (χ1) is 12.2. The summed E-state index contributed by atoms with van der Waals surface area (Å²) in [6.07, 6.45) is 0. The highest BCUT2D eigenvalue weighted by atomic mass is 16.5. The second-order valence-electron chi connectivity index (χ2n) is 4.98. The molecule has 0 aliphatic rings. The molecule has 0 fully saturated rings. The molecule has 0 atom stereocenters. The lowest BCUT2D eigenvalue weighted by Crippen LogP contribution is -2.32. The fourth-order valence-electron chi connectivity index (χ4n) is 2.11. The van der Waals surface area contributed by atoms with Crippen LogP contribution in [0.3, 0.4) is 0 Å². The molecule has 0 heterocycles. The minimum Gasteiger partial charge on any atom is -0.497 e. The Balaban J connectivity index is 1.77. The van der Waals surface area contributed by atoms with Gasteiger partial charge in [0.05, 0.1) is 27.9 Å². The third kappa shape index (κ3) is 5.49. The normalized spacial score (nSPS) is 9.88. The Morgan fingerprint density at radius 1 is 0.920 bits per heavy atom. The standard InChI is InChI=1S/C18H22N2O5/c1-22-14-5-4-6-15(12-14)25-10-9-19-18(21)20-13-7-8-16(23-2)17(11-13)24-3/h4-8,11-12H,9-10H2,1-3H3,(H2,19,20,21). The Bertz CT molecular complexity index is 706. The quantitative estimate of drug-likeness (QED) is 0.719. The van der Waals surface area contributed by atoms with Gasteiger partial charge in [-0.1, -0.05) is 6.07 Å². The molecule has 0 bridgehead atoms. The van der Waals surface area contributed by atoms with Crippen molar-refractivity contribution >= 4 is 11.7 Å². The van der Waals surface area contributed by atoms with Crippen LogP contribution in [0.25, 0.3) is 0 Å². The Hall–Kier alpha value is -3.09. The summed E-state index contributed by atoms with van der Waals surface area (Å²) in [4.78, 5) is 11.9. The number of amides is 2. The van der Waals surface area contributed by atoms with Crippen LogP contribution in [0.5, 0.6) is 23.0 Å². The van der Waals surface area contributed by atoms with Crippen LogP contribution >= 0.6 is 0 Å². The molecule has 2 amide bonds. The first-order valence-electron chi connectivity index (χ1n) is 7.70. The van der Waals surface area contributed by atoms with Gasteiger partial charge in [-0.05, 0) is 24.3 Å². The maximum absolute atomic E-state index is 11.9. The van der Waals surface area contributed by atoms with E-state index in [1.165, 1.54) is 7.11 Å². The summed E-state index contributed by atoms with van der Waals surface area (Å²) in [5.41, 5.74) is 0.601. The van der Waals surface area contributed by atoms with Crippen molar-refractivity contribution in [1.82, 2.24) is 5.32 Å². The average Bonchev–Trinajstić information content (AvgIpc) is 2.65. The van der Waals surface area contributed by atoms with Gasteiger partial charge in [-0.2, -0.15) is 0 Å². The molecular formula is C18H22N2O5. The van der Waals surface area contributed by atoms with E-state index >= 15 is 0 Å². The first-order valence-corrected chi connectivity index (χ1v) is 7.70. The number of rotatable bonds is 8. The Kier molecular flexibility index (Phi) is 6.76. The predicted octanol–water partition coefficient (Wildman–Crippen LogP) is 2.91. The van der Waals surface area contributed by atoms with Gasteiger partial charge in [-0.3, -0.25) is 0 Å². The van der Waals surface area contributed by atoms with Gasteiger partial charge in [-0.15, -0.1) is 0 Å². The SMILES string of the molecule is COc1cccc(OCCNC(=O)Nc2ccc(OC)c(OC)c2)c1. The van der Waals surface area contributed by atoms with Crippen molar-refractivity contribution in [2.45, 2.75) is 0 Å². The van der Waals surface area contributed by atoms with Gasteiger partial charge in [0.1, 0.15) is 18.1 Å². The zero-order valence-electron chi connectivity index (χ0n) is 14.5. The van der Waals surface area contributed by atoms with E-state index in [1.54, 1.807) is 38.5 Å². The molecule has 134 valence electrons. The number of benzene rings is 2. The largest absolute Gasteiger partial charge is 0.497 e. The number of hydrogen-bond donors (Lipinski definition) is 2. The van der Waals surface area contributed by atoms with Crippen LogP contribution in [0.4, 0.5) is 10.5 Å². The maximum atomic E-state index is 11.9. The maximum Gasteiger partial charge on any atom is 0.319 e. The van der Waals surface area contributed by atoms with Crippen molar-refractivity contribution < 1.29 is 23.7 Å². The summed E-state index contributed by atoms with van der Waals surface area (Å²) in [6, 6.07) is 12.1. The van der Waals surface area contributed by atoms with E-state index < -0.39 is 0 Å². The van der Waals surface area contributed by atoms with Gasteiger partial charge >= 0.3 is 6.03 Å².